The van der Waals surface area contributed by atoms with Gasteiger partial charge in [0.1, 0.15) is 0 Å². The third-order valence-corrected chi connectivity index (χ3v) is 7.99. The minimum Gasteiger partial charge on any atom is -0.339 e. The minimum absolute atomic E-state index is 0.0267. The number of rotatable bonds is 7. The highest BCUT2D eigenvalue weighted by molar-refractivity contribution is 7.91. The fraction of sp³-hybridized carbons (Fsp3) is 0.480. The Morgan fingerprint density at radius 2 is 1.79 bits per heavy atom. The lowest BCUT2D eigenvalue weighted by atomic mass is 10.0. The molecule has 1 aliphatic rings. The van der Waals surface area contributed by atoms with E-state index in [0.29, 0.717) is 42.1 Å². The number of pyridine rings is 1. The van der Waals surface area contributed by atoms with E-state index in [1.54, 1.807) is 4.68 Å². The summed E-state index contributed by atoms with van der Waals surface area (Å²) in [5.74, 6) is 0.185. The van der Waals surface area contributed by atoms with Crippen LogP contribution in [0.4, 0.5) is 0 Å². The summed E-state index contributed by atoms with van der Waals surface area (Å²) in [5, 5.41) is 5.42. The molecule has 3 heterocycles. The largest absolute Gasteiger partial charge is 0.339 e. The van der Waals surface area contributed by atoms with E-state index in [4.69, 9.17) is 10.1 Å². The van der Waals surface area contributed by atoms with Gasteiger partial charge in [0, 0.05) is 18.7 Å². The second-order valence-electron chi connectivity index (χ2n) is 9.00. The zero-order valence-electron chi connectivity index (χ0n) is 19.8. The molecule has 0 saturated carbocycles. The summed E-state index contributed by atoms with van der Waals surface area (Å²) in [6.45, 7) is 9.41. The maximum atomic E-state index is 13.7. The summed E-state index contributed by atoms with van der Waals surface area (Å²) >= 11 is 0. The normalized spacial score (nSPS) is 17.5. The zero-order valence-corrected chi connectivity index (χ0v) is 20.7. The van der Waals surface area contributed by atoms with Crippen molar-refractivity contribution in [2.75, 3.05) is 24.6 Å². The second kappa shape index (κ2) is 9.25. The molecule has 7 nitrogen and oxygen atoms in total. The van der Waals surface area contributed by atoms with E-state index < -0.39 is 9.84 Å². The Morgan fingerprint density at radius 1 is 1.12 bits per heavy atom. The molecule has 3 aromatic rings. The van der Waals surface area contributed by atoms with Crippen LogP contribution >= 0.6 is 0 Å². The first-order valence-electron chi connectivity index (χ1n) is 11.7. The van der Waals surface area contributed by atoms with Crippen molar-refractivity contribution in [3.8, 4) is 11.3 Å². The molecular formula is C25H32N4O3S. The van der Waals surface area contributed by atoms with Crippen molar-refractivity contribution in [2.45, 2.75) is 53.0 Å². The molecule has 4 rings (SSSR count). The predicted molar refractivity (Wildman–Crippen MR) is 131 cm³/mol. The predicted octanol–water partition coefficient (Wildman–Crippen LogP) is 4.34. The number of carbonyl (C=O) groups is 1. The third-order valence-electron chi connectivity index (χ3n) is 6.24. The highest BCUT2D eigenvalue weighted by atomic mass is 32.2. The molecular weight excluding hydrogens is 436 g/mol. The standard InChI is InChI=1S/C25H32N4O3S/c1-5-12-28(13-6-2)25(30)21-15-22(19-9-7-17(3)8-10-19)26-24-23(21)18(4)27-29(24)20-11-14-33(31,32)16-20/h7-10,15,20H,5-6,11-14,16H2,1-4H3. The summed E-state index contributed by atoms with van der Waals surface area (Å²) in [5.41, 5.74) is 4.63. The molecule has 1 aliphatic heterocycles. The number of aromatic nitrogens is 3. The van der Waals surface area contributed by atoms with Crippen LogP contribution in [-0.2, 0) is 9.84 Å². The Bertz CT molecular complexity index is 1270. The zero-order chi connectivity index (χ0) is 23.8. The SMILES string of the molecule is CCCN(CCC)C(=O)c1cc(-c2ccc(C)cc2)nc2c1c(C)nn2C1CCS(=O)(=O)C1. The average molecular weight is 469 g/mol. The quantitative estimate of drug-likeness (QED) is 0.515. The number of amides is 1. The van der Waals surface area contributed by atoms with Crippen LogP contribution in [0.1, 0.15) is 60.8 Å². The van der Waals surface area contributed by atoms with Crippen LogP contribution in [0.25, 0.3) is 22.3 Å². The van der Waals surface area contributed by atoms with Gasteiger partial charge >= 0.3 is 0 Å². The van der Waals surface area contributed by atoms with E-state index in [9.17, 15) is 13.2 Å². The highest BCUT2D eigenvalue weighted by Gasteiger charge is 2.33. The summed E-state index contributed by atoms with van der Waals surface area (Å²) < 4.78 is 26.1. The second-order valence-corrected chi connectivity index (χ2v) is 11.2. The Balaban J connectivity index is 1.93. The van der Waals surface area contributed by atoms with Gasteiger partial charge in [0.15, 0.2) is 15.5 Å². The van der Waals surface area contributed by atoms with Gasteiger partial charge < -0.3 is 4.90 Å². The number of hydrogen-bond acceptors (Lipinski definition) is 5. The molecule has 2 aromatic heterocycles. The van der Waals surface area contributed by atoms with E-state index in [1.807, 2.05) is 49.1 Å². The van der Waals surface area contributed by atoms with Crippen LogP contribution in [0, 0.1) is 13.8 Å². The maximum absolute atomic E-state index is 13.7. The van der Waals surface area contributed by atoms with Gasteiger partial charge in [-0.15, -0.1) is 0 Å². The van der Waals surface area contributed by atoms with Gasteiger partial charge in [0.25, 0.3) is 5.91 Å². The van der Waals surface area contributed by atoms with E-state index in [1.165, 1.54) is 0 Å². The summed E-state index contributed by atoms with van der Waals surface area (Å²) in [7, 11) is -3.09. The molecule has 1 amide bonds. The minimum atomic E-state index is -3.09. The molecule has 0 aliphatic carbocycles. The van der Waals surface area contributed by atoms with Crippen molar-refractivity contribution in [1.82, 2.24) is 19.7 Å². The Kier molecular flexibility index (Phi) is 6.56. The van der Waals surface area contributed by atoms with Crippen LogP contribution in [0.2, 0.25) is 0 Å². The van der Waals surface area contributed by atoms with Gasteiger partial charge in [-0.3, -0.25) is 4.79 Å². The molecule has 0 N–H and O–H groups in total. The van der Waals surface area contributed by atoms with Crippen LogP contribution in [0.15, 0.2) is 30.3 Å². The average Bonchev–Trinajstić information content (AvgIpc) is 3.32. The topological polar surface area (TPSA) is 85.2 Å². The van der Waals surface area contributed by atoms with Crippen LogP contribution in [0.5, 0.6) is 0 Å². The van der Waals surface area contributed by atoms with Gasteiger partial charge in [-0.2, -0.15) is 5.10 Å². The van der Waals surface area contributed by atoms with E-state index in [0.717, 1.165) is 29.4 Å². The molecule has 176 valence electrons. The Labute approximate surface area is 195 Å². The molecule has 0 radical (unpaired) electrons. The number of fused-ring (bicyclic) bond motifs is 1. The lowest BCUT2D eigenvalue weighted by molar-refractivity contribution is 0.0757. The number of nitrogens with zero attached hydrogens (tertiary/aromatic N) is 4. The first-order valence-corrected chi connectivity index (χ1v) is 13.5. The number of aryl methyl sites for hydroxylation is 2. The smallest absolute Gasteiger partial charge is 0.254 e. The van der Waals surface area contributed by atoms with Gasteiger partial charge in [-0.05, 0) is 39.2 Å². The molecule has 33 heavy (non-hydrogen) atoms. The van der Waals surface area contributed by atoms with E-state index in [2.05, 4.69) is 13.8 Å². The molecule has 0 bridgehead atoms. The van der Waals surface area contributed by atoms with Crippen molar-refractivity contribution in [3.63, 3.8) is 0 Å². The van der Waals surface area contributed by atoms with E-state index >= 15 is 0 Å². The number of sulfone groups is 1. The van der Waals surface area contributed by atoms with E-state index in [-0.39, 0.29) is 23.5 Å². The Hall–Kier alpha value is -2.74. The van der Waals surface area contributed by atoms with Crippen molar-refractivity contribution < 1.29 is 13.2 Å². The van der Waals surface area contributed by atoms with Gasteiger partial charge in [0.05, 0.1) is 39.9 Å². The Morgan fingerprint density at radius 3 is 2.36 bits per heavy atom. The van der Waals surface area contributed by atoms with Crippen molar-refractivity contribution in [3.05, 3.63) is 47.2 Å². The summed E-state index contributed by atoms with van der Waals surface area (Å²) in [4.78, 5) is 20.5. The highest BCUT2D eigenvalue weighted by Crippen LogP contribution is 2.32. The molecule has 1 aromatic carbocycles. The van der Waals surface area contributed by atoms with Gasteiger partial charge in [-0.25, -0.2) is 18.1 Å². The monoisotopic (exact) mass is 468 g/mol. The van der Waals surface area contributed by atoms with Crippen LogP contribution < -0.4 is 0 Å². The molecule has 1 saturated heterocycles. The van der Waals surface area contributed by atoms with Crippen molar-refractivity contribution in [2.24, 2.45) is 0 Å². The fourth-order valence-corrected chi connectivity index (χ4v) is 6.29. The van der Waals surface area contributed by atoms with Crippen LogP contribution in [-0.4, -0.2) is 58.6 Å². The molecule has 8 heteroatoms. The number of carbonyl (C=O) groups excluding carboxylic acids is 1. The van der Waals surface area contributed by atoms with Crippen molar-refractivity contribution in [1.29, 1.82) is 0 Å². The summed E-state index contributed by atoms with van der Waals surface area (Å²) in [6, 6.07) is 9.66. The maximum Gasteiger partial charge on any atom is 0.254 e. The fourth-order valence-electron chi connectivity index (χ4n) is 4.60. The molecule has 0 spiro atoms. The lowest BCUT2D eigenvalue weighted by Gasteiger charge is -2.22. The van der Waals surface area contributed by atoms with Crippen molar-refractivity contribution >= 4 is 26.8 Å². The van der Waals surface area contributed by atoms with Gasteiger partial charge in [-0.1, -0.05) is 43.7 Å². The van der Waals surface area contributed by atoms with Crippen LogP contribution in [0.3, 0.4) is 0 Å². The third kappa shape index (κ3) is 4.67. The first-order chi connectivity index (χ1) is 15.7. The first kappa shape index (κ1) is 23.4. The number of hydrogen-bond donors (Lipinski definition) is 0. The lowest BCUT2D eigenvalue weighted by Crippen LogP contribution is -2.32. The summed E-state index contributed by atoms with van der Waals surface area (Å²) in [6.07, 6.45) is 2.27. The molecule has 1 fully saturated rings. The molecule has 1 unspecified atom stereocenters. The molecule has 1 atom stereocenters. The number of benzene rings is 1. The van der Waals surface area contributed by atoms with Gasteiger partial charge in [0.2, 0.25) is 0 Å².